The van der Waals surface area contributed by atoms with Gasteiger partial charge in [0.25, 0.3) is 5.91 Å². The van der Waals surface area contributed by atoms with Crippen LogP contribution in [-0.4, -0.2) is 50.4 Å². The zero-order valence-corrected chi connectivity index (χ0v) is 16.4. The molecule has 1 aromatic carbocycles. The van der Waals surface area contributed by atoms with Gasteiger partial charge in [0.2, 0.25) is 5.91 Å². The normalized spacial score (nSPS) is 21.3. The average molecular weight is 396 g/mol. The summed E-state index contributed by atoms with van der Waals surface area (Å²) in [4.78, 5) is 33.8. The lowest BCUT2D eigenvalue weighted by atomic mass is 9.75. The number of benzene rings is 1. The van der Waals surface area contributed by atoms with Crippen LogP contribution in [0.4, 0.5) is 0 Å². The monoisotopic (exact) mass is 396 g/mol. The van der Waals surface area contributed by atoms with Gasteiger partial charge < -0.3 is 20.7 Å². The second kappa shape index (κ2) is 8.71. The Morgan fingerprint density at radius 2 is 1.97 bits per heavy atom. The number of rotatable bonds is 8. The minimum absolute atomic E-state index is 0.110. The van der Waals surface area contributed by atoms with Crippen molar-refractivity contribution in [1.29, 1.82) is 0 Å². The number of carbonyl (C=O) groups excluding carboxylic acids is 2. The van der Waals surface area contributed by atoms with E-state index in [1.165, 1.54) is 18.6 Å². The summed E-state index contributed by atoms with van der Waals surface area (Å²) >= 11 is 0. The first-order valence-corrected chi connectivity index (χ1v) is 9.64. The predicted octanol–water partition coefficient (Wildman–Crippen LogP) is 0.676. The molecular weight excluding hydrogens is 371 g/mol. The molecular formula is C20H25BN4O4. The molecule has 0 spiro atoms. The predicted molar refractivity (Wildman–Crippen MR) is 108 cm³/mol. The van der Waals surface area contributed by atoms with Crippen LogP contribution in [0, 0.1) is 5.92 Å². The Kier molecular flexibility index (Phi) is 6.29. The van der Waals surface area contributed by atoms with Gasteiger partial charge in [0.15, 0.2) is 0 Å². The molecule has 1 aliphatic rings. The molecule has 8 nitrogen and oxygen atoms in total. The summed E-state index contributed by atoms with van der Waals surface area (Å²) < 4.78 is 0. The molecule has 152 valence electrons. The molecule has 0 saturated heterocycles. The third kappa shape index (κ3) is 4.80. The van der Waals surface area contributed by atoms with E-state index in [1.807, 2.05) is 44.2 Å². The highest BCUT2D eigenvalue weighted by molar-refractivity contribution is 6.43. The molecule has 1 fully saturated rings. The Morgan fingerprint density at radius 1 is 1.24 bits per heavy atom. The molecule has 0 radical (unpaired) electrons. The fourth-order valence-electron chi connectivity index (χ4n) is 3.54. The van der Waals surface area contributed by atoms with E-state index >= 15 is 0 Å². The van der Waals surface area contributed by atoms with Crippen molar-refractivity contribution in [1.82, 2.24) is 20.6 Å². The van der Waals surface area contributed by atoms with Gasteiger partial charge in [-0.2, -0.15) is 0 Å². The van der Waals surface area contributed by atoms with Crippen LogP contribution in [0.2, 0.25) is 0 Å². The van der Waals surface area contributed by atoms with Crippen LogP contribution in [0.15, 0.2) is 48.9 Å². The molecule has 4 N–H and O–H groups in total. The Hall–Kier alpha value is -2.78. The van der Waals surface area contributed by atoms with Gasteiger partial charge in [-0.15, -0.1) is 0 Å². The summed E-state index contributed by atoms with van der Waals surface area (Å²) in [5, 5.41) is 24.9. The Balaban J connectivity index is 1.84. The number of nitrogens with zero attached hydrogens (tertiary/aromatic N) is 2. The van der Waals surface area contributed by atoms with Crippen molar-refractivity contribution in [2.24, 2.45) is 5.92 Å². The molecule has 9 heteroatoms. The van der Waals surface area contributed by atoms with E-state index in [0.717, 1.165) is 5.56 Å². The molecule has 1 aromatic heterocycles. The number of hydrogen-bond donors (Lipinski definition) is 4. The number of hydrogen-bond acceptors (Lipinski definition) is 6. The second-order valence-electron chi connectivity index (χ2n) is 7.81. The summed E-state index contributed by atoms with van der Waals surface area (Å²) in [6, 6.07) is 9.44. The lowest BCUT2D eigenvalue weighted by molar-refractivity contribution is -0.124. The maximum absolute atomic E-state index is 13.2. The Bertz CT molecular complexity index is 850. The smallest absolute Gasteiger partial charge is 0.426 e. The first-order chi connectivity index (χ1) is 13.8. The minimum Gasteiger partial charge on any atom is -0.426 e. The van der Waals surface area contributed by atoms with Crippen LogP contribution in [0.1, 0.15) is 48.7 Å². The summed E-state index contributed by atoms with van der Waals surface area (Å²) in [5.74, 6) is -1.85. The molecule has 1 heterocycles. The quantitative estimate of drug-likeness (QED) is 0.487. The highest BCUT2D eigenvalue weighted by atomic mass is 16.4. The maximum atomic E-state index is 13.2. The topological polar surface area (TPSA) is 124 Å². The van der Waals surface area contributed by atoms with E-state index in [1.54, 1.807) is 0 Å². The van der Waals surface area contributed by atoms with Crippen molar-refractivity contribution in [3.63, 3.8) is 0 Å². The SMILES string of the molecule is CC(C)C[C@H](NC(=O)[C@@]1(NC(=O)c2cnccn2)C[C@H]1c1ccccc1)B(O)O. The standard InChI is InChI=1S/C20H25BN4O4/c1-13(2)10-17(21(28)29)24-19(27)20(11-15(20)14-6-4-3-5-7-14)25-18(26)16-12-22-8-9-23-16/h3-9,12-13,15,17,28-29H,10-11H2,1-2H3,(H,24,27)(H,25,26)/t15-,17-,20+/m0/s1. The van der Waals surface area contributed by atoms with Crippen molar-refractivity contribution >= 4 is 18.9 Å². The van der Waals surface area contributed by atoms with Gasteiger partial charge >= 0.3 is 7.12 Å². The molecule has 29 heavy (non-hydrogen) atoms. The summed E-state index contributed by atoms with van der Waals surface area (Å²) in [6.07, 6.45) is 5.00. The van der Waals surface area contributed by atoms with Gasteiger partial charge in [-0.1, -0.05) is 44.2 Å². The van der Waals surface area contributed by atoms with E-state index in [2.05, 4.69) is 20.6 Å². The lowest BCUT2D eigenvalue weighted by Crippen LogP contribution is -2.56. The van der Waals surface area contributed by atoms with Crippen molar-refractivity contribution < 1.29 is 19.6 Å². The molecule has 2 amide bonds. The molecule has 0 bridgehead atoms. The van der Waals surface area contributed by atoms with E-state index < -0.39 is 30.4 Å². The van der Waals surface area contributed by atoms with Gasteiger partial charge in [-0.05, 0) is 24.3 Å². The Morgan fingerprint density at radius 3 is 2.55 bits per heavy atom. The number of amides is 2. The Labute approximate surface area is 169 Å². The number of aromatic nitrogens is 2. The molecule has 1 saturated carbocycles. The highest BCUT2D eigenvalue weighted by Crippen LogP contribution is 2.51. The van der Waals surface area contributed by atoms with Gasteiger partial charge in [0.1, 0.15) is 11.2 Å². The van der Waals surface area contributed by atoms with E-state index in [9.17, 15) is 19.6 Å². The highest BCUT2D eigenvalue weighted by Gasteiger charge is 2.62. The van der Waals surface area contributed by atoms with Crippen LogP contribution in [-0.2, 0) is 4.79 Å². The van der Waals surface area contributed by atoms with Crippen LogP contribution >= 0.6 is 0 Å². The maximum Gasteiger partial charge on any atom is 0.475 e. The summed E-state index contributed by atoms with van der Waals surface area (Å²) in [7, 11) is -1.69. The molecule has 2 aromatic rings. The number of carbonyl (C=O) groups is 2. The fraction of sp³-hybridized carbons (Fsp3) is 0.400. The second-order valence-corrected chi connectivity index (χ2v) is 7.81. The van der Waals surface area contributed by atoms with Crippen LogP contribution in [0.25, 0.3) is 0 Å². The largest absolute Gasteiger partial charge is 0.475 e. The molecule has 1 aliphatic carbocycles. The van der Waals surface area contributed by atoms with E-state index in [0.29, 0.717) is 12.8 Å². The van der Waals surface area contributed by atoms with E-state index in [-0.39, 0.29) is 17.5 Å². The first-order valence-electron chi connectivity index (χ1n) is 9.64. The van der Waals surface area contributed by atoms with Gasteiger partial charge in [-0.25, -0.2) is 4.98 Å². The van der Waals surface area contributed by atoms with Crippen molar-refractivity contribution in [3.05, 3.63) is 60.2 Å². The summed E-state index contributed by atoms with van der Waals surface area (Å²) in [5.41, 5.74) is -0.147. The fourth-order valence-corrected chi connectivity index (χ4v) is 3.54. The number of nitrogens with one attached hydrogen (secondary N) is 2. The van der Waals surface area contributed by atoms with Gasteiger partial charge in [0.05, 0.1) is 12.1 Å². The molecule has 3 atom stereocenters. The van der Waals surface area contributed by atoms with E-state index in [4.69, 9.17) is 0 Å². The zero-order valence-electron chi connectivity index (χ0n) is 16.4. The first kappa shape index (κ1) is 20.9. The zero-order chi connectivity index (χ0) is 21.0. The van der Waals surface area contributed by atoms with Crippen LogP contribution in [0.3, 0.4) is 0 Å². The van der Waals surface area contributed by atoms with Crippen LogP contribution < -0.4 is 10.6 Å². The molecule has 0 unspecified atom stereocenters. The molecule has 0 aliphatic heterocycles. The van der Waals surface area contributed by atoms with Crippen LogP contribution in [0.5, 0.6) is 0 Å². The van der Waals surface area contributed by atoms with Gasteiger partial charge in [-0.3, -0.25) is 14.6 Å². The van der Waals surface area contributed by atoms with Crippen molar-refractivity contribution in [3.8, 4) is 0 Å². The lowest BCUT2D eigenvalue weighted by Gasteiger charge is -2.25. The van der Waals surface area contributed by atoms with Crippen molar-refractivity contribution in [2.45, 2.75) is 44.1 Å². The third-order valence-corrected chi connectivity index (χ3v) is 5.10. The summed E-state index contributed by atoms with van der Waals surface area (Å²) in [6.45, 7) is 3.86. The average Bonchev–Trinajstić information content (AvgIpc) is 3.43. The van der Waals surface area contributed by atoms with Crippen molar-refractivity contribution in [2.75, 3.05) is 0 Å². The van der Waals surface area contributed by atoms with Gasteiger partial charge in [0, 0.05) is 18.3 Å². The third-order valence-electron chi connectivity index (χ3n) is 5.10. The minimum atomic E-state index is -1.69. The molecule has 3 rings (SSSR count).